The molecule has 0 saturated carbocycles. The molecule has 4 heteroatoms. The van der Waals surface area contributed by atoms with E-state index in [1.165, 1.54) is 0 Å². The molecule has 102 valence electrons. The molecule has 0 bridgehead atoms. The third-order valence-corrected chi connectivity index (χ3v) is 5.27. The van der Waals surface area contributed by atoms with E-state index in [9.17, 15) is 8.42 Å². The van der Waals surface area contributed by atoms with E-state index >= 15 is 0 Å². The highest BCUT2D eigenvalue weighted by molar-refractivity contribution is 7.91. The molecule has 1 aromatic rings. The second-order valence-electron chi connectivity index (χ2n) is 4.88. The summed E-state index contributed by atoms with van der Waals surface area (Å²) in [5.41, 5.74) is 1.07. The average molecular weight is 269 g/mol. The molecule has 2 atom stereocenters. The van der Waals surface area contributed by atoms with Crippen molar-refractivity contribution in [2.24, 2.45) is 5.92 Å². The lowest BCUT2D eigenvalue weighted by Crippen LogP contribution is -2.38. The molecule has 0 spiro atoms. The lowest BCUT2D eigenvalue weighted by atomic mass is 10.0. The Hall–Kier alpha value is -0.870. The average Bonchev–Trinajstić information content (AvgIpc) is 2.35. The van der Waals surface area contributed by atoms with Gasteiger partial charge < -0.3 is 5.32 Å². The summed E-state index contributed by atoms with van der Waals surface area (Å²) in [5, 5.41) is 3.11. The van der Waals surface area contributed by atoms with Crippen LogP contribution in [0.15, 0.2) is 29.2 Å². The highest BCUT2D eigenvalue weighted by Gasteiger charge is 2.23. The van der Waals surface area contributed by atoms with Crippen LogP contribution in [0.3, 0.4) is 0 Å². The standard InChI is InChI=1S/C14H23NO2S/c1-5-12(3)14(15-4)10-18(16,17)13-8-6-11(2)7-9-13/h6-9,12,14-15H,5,10H2,1-4H3. The Kier molecular flexibility index (Phi) is 5.35. The van der Waals surface area contributed by atoms with E-state index in [0.717, 1.165) is 12.0 Å². The summed E-state index contributed by atoms with van der Waals surface area (Å²) in [6.45, 7) is 6.10. The molecule has 0 saturated heterocycles. The number of benzene rings is 1. The predicted octanol–water partition coefficient (Wildman–Crippen LogP) is 2.40. The maximum Gasteiger partial charge on any atom is 0.179 e. The zero-order valence-corrected chi connectivity index (χ0v) is 12.4. The van der Waals surface area contributed by atoms with Gasteiger partial charge in [-0.05, 0) is 32.0 Å². The van der Waals surface area contributed by atoms with Crippen LogP contribution in [0.1, 0.15) is 25.8 Å². The van der Waals surface area contributed by atoms with Gasteiger partial charge in [0.1, 0.15) is 0 Å². The Morgan fingerprint density at radius 2 is 1.78 bits per heavy atom. The number of hydrogen-bond donors (Lipinski definition) is 1. The van der Waals surface area contributed by atoms with Gasteiger partial charge in [0, 0.05) is 6.04 Å². The minimum absolute atomic E-state index is 0.00121. The Morgan fingerprint density at radius 1 is 1.22 bits per heavy atom. The Balaban J connectivity index is 2.90. The SMILES string of the molecule is CCC(C)C(CS(=O)(=O)c1ccc(C)cc1)NC. The van der Waals surface area contributed by atoms with Gasteiger partial charge in [0.05, 0.1) is 10.6 Å². The second-order valence-corrected chi connectivity index (χ2v) is 6.91. The first-order valence-corrected chi connectivity index (χ1v) is 8.02. The van der Waals surface area contributed by atoms with Crippen molar-refractivity contribution in [2.75, 3.05) is 12.8 Å². The van der Waals surface area contributed by atoms with Crippen LogP contribution >= 0.6 is 0 Å². The zero-order valence-electron chi connectivity index (χ0n) is 11.6. The van der Waals surface area contributed by atoms with E-state index in [0.29, 0.717) is 10.8 Å². The van der Waals surface area contributed by atoms with Crippen molar-refractivity contribution in [3.8, 4) is 0 Å². The Bertz CT molecular complexity index is 465. The maximum atomic E-state index is 12.3. The number of sulfone groups is 1. The van der Waals surface area contributed by atoms with Gasteiger partial charge in [-0.15, -0.1) is 0 Å². The van der Waals surface area contributed by atoms with Gasteiger partial charge in [-0.3, -0.25) is 0 Å². The molecule has 0 amide bonds. The van der Waals surface area contributed by atoms with Crippen molar-refractivity contribution in [1.82, 2.24) is 5.32 Å². The number of nitrogens with one attached hydrogen (secondary N) is 1. The molecule has 0 aliphatic heterocycles. The summed E-state index contributed by atoms with van der Waals surface area (Å²) < 4.78 is 24.6. The van der Waals surface area contributed by atoms with E-state index in [4.69, 9.17) is 0 Å². The fourth-order valence-corrected chi connectivity index (χ4v) is 3.61. The summed E-state index contributed by atoms with van der Waals surface area (Å²) in [7, 11) is -1.39. The molecule has 0 aliphatic rings. The third kappa shape index (κ3) is 3.82. The van der Waals surface area contributed by atoms with Gasteiger partial charge >= 0.3 is 0 Å². The van der Waals surface area contributed by atoms with Crippen LogP contribution in [0.5, 0.6) is 0 Å². The van der Waals surface area contributed by atoms with Crippen LogP contribution in [-0.2, 0) is 9.84 Å². The summed E-state index contributed by atoms with van der Waals surface area (Å²) in [4.78, 5) is 0.414. The van der Waals surface area contributed by atoms with Crippen molar-refractivity contribution >= 4 is 9.84 Å². The molecule has 18 heavy (non-hydrogen) atoms. The van der Waals surface area contributed by atoms with Crippen LogP contribution in [0.2, 0.25) is 0 Å². The first-order valence-electron chi connectivity index (χ1n) is 6.37. The Morgan fingerprint density at radius 3 is 2.22 bits per heavy atom. The first-order chi connectivity index (χ1) is 8.40. The monoisotopic (exact) mass is 269 g/mol. The van der Waals surface area contributed by atoms with Crippen LogP contribution in [0.4, 0.5) is 0 Å². The molecule has 3 nitrogen and oxygen atoms in total. The minimum atomic E-state index is -3.21. The van der Waals surface area contributed by atoms with E-state index < -0.39 is 9.84 Å². The highest BCUT2D eigenvalue weighted by Crippen LogP contribution is 2.17. The number of aryl methyl sites for hydroxylation is 1. The molecule has 2 unspecified atom stereocenters. The summed E-state index contributed by atoms with van der Waals surface area (Å²) in [6.07, 6.45) is 0.967. The number of hydrogen-bond acceptors (Lipinski definition) is 3. The molecular formula is C14H23NO2S. The lowest BCUT2D eigenvalue weighted by Gasteiger charge is -2.22. The topological polar surface area (TPSA) is 46.2 Å². The molecule has 1 N–H and O–H groups in total. The molecular weight excluding hydrogens is 246 g/mol. The fourth-order valence-electron chi connectivity index (χ4n) is 1.89. The van der Waals surface area contributed by atoms with E-state index in [1.54, 1.807) is 12.1 Å². The van der Waals surface area contributed by atoms with E-state index in [2.05, 4.69) is 19.2 Å². The molecule has 0 radical (unpaired) electrons. The minimum Gasteiger partial charge on any atom is -0.316 e. The first kappa shape index (κ1) is 15.2. The zero-order chi connectivity index (χ0) is 13.8. The van der Waals surface area contributed by atoms with Crippen molar-refractivity contribution in [2.45, 2.75) is 38.1 Å². The Labute approximate surface area is 111 Å². The van der Waals surface area contributed by atoms with E-state index in [1.807, 2.05) is 26.1 Å². The lowest BCUT2D eigenvalue weighted by molar-refractivity contribution is 0.414. The van der Waals surface area contributed by atoms with E-state index in [-0.39, 0.29) is 11.8 Å². The van der Waals surface area contributed by atoms with Gasteiger partial charge in [-0.1, -0.05) is 38.0 Å². The molecule has 0 fully saturated rings. The van der Waals surface area contributed by atoms with Gasteiger partial charge in [-0.2, -0.15) is 0 Å². The number of rotatable bonds is 6. The summed E-state index contributed by atoms with van der Waals surface area (Å²) in [6, 6.07) is 7.05. The third-order valence-electron chi connectivity index (χ3n) is 3.48. The molecule has 1 aromatic carbocycles. The van der Waals surface area contributed by atoms with Gasteiger partial charge in [-0.25, -0.2) is 8.42 Å². The molecule has 1 rings (SSSR count). The van der Waals surface area contributed by atoms with Crippen molar-refractivity contribution in [3.05, 3.63) is 29.8 Å². The van der Waals surface area contributed by atoms with Crippen molar-refractivity contribution < 1.29 is 8.42 Å². The van der Waals surface area contributed by atoms with Crippen molar-refractivity contribution in [3.63, 3.8) is 0 Å². The predicted molar refractivity (Wildman–Crippen MR) is 75.5 cm³/mol. The second kappa shape index (κ2) is 6.34. The maximum absolute atomic E-state index is 12.3. The van der Waals surface area contributed by atoms with Crippen molar-refractivity contribution in [1.29, 1.82) is 0 Å². The smallest absolute Gasteiger partial charge is 0.179 e. The normalized spacial score (nSPS) is 15.3. The summed E-state index contributed by atoms with van der Waals surface area (Å²) in [5.74, 6) is 0.497. The van der Waals surface area contributed by atoms with Crippen LogP contribution in [-0.4, -0.2) is 27.3 Å². The van der Waals surface area contributed by atoms with Gasteiger partial charge in [0.15, 0.2) is 9.84 Å². The highest BCUT2D eigenvalue weighted by atomic mass is 32.2. The van der Waals surface area contributed by atoms with Crippen LogP contribution in [0.25, 0.3) is 0 Å². The quantitative estimate of drug-likeness (QED) is 0.862. The molecule has 0 heterocycles. The summed E-state index contributed by atoms with van der Waals surface area (Å²) >= 11 is 0. The van der Waals surface area contributed by atoms with Crippen LogP contribution in [0, 0.1) is 12.8 Å². The molecule has 0 aliphatic carbocycles. The van der Waals surface area contributed by atoms with Crippen LogP contribution < -0.4 is 5.32 Å². The van der Waals surface area contributed by atoms with Gasteiger partial charge in [0.25, 0.3) is 0 Å². The van der Waals surface area contributed by atoms with Gasteiger partial charge in [0.2, 0.25) is 0 Å². The fraction of sp³-hybridized carbons (Fsp3) is 0.571. The molecule has 0 aromatic heterocycles. The largest absolute Gasteiger partial charge is 0.316 e.